The highest BCUT2D eigenvalue weighted by Crippen LogP contribution is 2.19. The number of rotatable bonds is 2. The van der Waals surface area contributed by atoms with Gasteiger partial charge in [-0.25, -0.2) is 4.98 Å². The Morgan fingerprint density at radius 2 is 2.21 bits per heavy atom. The van der Waals surface area contributed by atoms with Gasteiger partial charge in [0.1, 0.15) is 5.82 Å². The number of anilines is 1. The summed E-state index contributed by atoms with van der Waals surface area (Å²) in [6, 6.07) is 3.62. The normalized spacial score (nSPS) is 23.3. The number of hydrogen-bond donors (Lipinski definition) is 1. The SMILES string of the molecule is CC1CCN(C(=O)c2ccc(N(C)C)nc2)CC1O. The van der Waals surface area contributed by atoms with Gasteiger partial charge in [-0.15, -0.1) is 0 Å². The van der Waals surface area contributed by atoms with E-state index in [9.17, 15) is 9.90 Å². The quantitative estimate of drug-likeness (QED) is 0.864. The van der Waals surface area contributed by atoms with Gasteiger partial charge in [0, 0.05) is 33.4 Å². The predicted molar refractivity (Wildman–Crippen MR) is 74.3 cm³/mol. The van der Waals surface area contributed by atoms with Crippen molar-refractivity contribution in [1.82, 2.24) is 9.88 Å². The summed E-state index contributed by atoms with van der Waals surface area (Å²) in [7, 11) is 3.82. The molecule has 5 nitrogen and oxygen atoms in total. The number of aromatic nitrogens is 1. The highest BCUT2D eigenvalue weighted by Gasteiger charge is 2.27. The zero-order valence-electron chi connectivity index (χ0n) is 11.7. The van der Waals surface area contributed by atoms with Crippen LogP contribution in [-0.4, -0.2) is 54.2 Å². The summed E-state index contributed by atoms with van der Waals surface area (Å²) in [4.78, 5) is 20.1. The lowest BCUT2D eigenvalue weighted by Gasteiger charge is -2.34. The maximum absolute atomic E-state index is 12.3. The van der Waals surface area contributed by atoms with E-state index in [0.717, 1.165) is 12.2 Å². The van der Waals surface area contributed by atoms with Crippen molar-refractivity contribution >= 4 is 11.7 Å². The van der Waals surface area contributed by atoms with E-state index in [1.807, 2.05) is 32.0 Å². The molecule has 2 unspecified atom stereocenters. The van der Waals surface area contributed by atoms with Crippen molar-refractivity contribution in [2.75, 3.05) is 32.1 Å². The van der Waals surface area contributed by atoms with Crippen molar-refractivity contribution < 1.29 is 9.90 Å². The van der Waals surface area contributed by atoms with Crippen LogP contribution >= 0.6 is 0 Å². The molecule has 1 aromatic rings. The van der Waals surface area contributed by atoms with Crippen LogP contribution in [0, 0.1) is 5.92 Å². The molecule has 1 aliphatic heterocycles. The Labute approximate surface area is 113 Å². The zero-order valence-corrected chi connectivity index (χ0v) is 11.7. The fraction of sp³-hybridized carbons (Fsp3) is 0.571. The molecule has 1 amide bonds. The molecule has 0 spiro atoms. The van der Waals surface area contributed by atoms with Gasteiger partial charge in [-0.1, -0.05) is 6.92 Å². The Morgan fingerprint density at radius 3 is 2.74 bits per heavy atom. The van der Waals surface area contributed by atoms with Gasteiger partial charge in [0.2, 0.25) is 0 Å². The number of carbonyl (C=O) groups is 1. The van der Waals surface area contributed by atoms with E-state index in [0.29, 0.717) is 18.7 Å². The van der Waals surface area contributed by atoms with E-state index in [1.54, 1.807) is 17.2 Å². The molecule has 2 rings (SSSR count). The second-order valence-electron chi connectivity index (χ2n) is 5.38. The van der Waals surface area contributed by atoms with Crippen LogP contribution in [-0.2, 0) is 0 Å². The minimum absolute atomic E-state index is 0.0521. The van der Waals surface area contributed by atoms with Crippen LogP contribution in [0.15, 0.2) is 18.3 Å². The van der Waals surface area contributed by atoms with Gasteiger partial charge in [-0.3, -0.25) is 4.79 Å². The first-order valence-electron chi connectivity index (χ1n) is 6.59. The summed E-state index contributed by atoms with van der Waals surface area (Å²) in [6.45, 7) is 3.13. The van der Waals surface area contributed by atoms with Gasteiger partial charge in [-0.2, -0.15) is 0 Å². The van der Waals surface area contributed by atoms with E-state index in [1.165, 1.54) is 0 Å². The number of piperidine rings is 1. The number of aliphatic hydroxyl groups is 1. The topological polar surface area (TPSA) is 56.7 Å². The fourth-order valence-electron chi connectivity index (χ4n) is 2.19. The Morgan fingerprint density at radius 1 is 1.47 bits per heavy atom. The van der Waals surface area contributed by atoms with Gasteiger partial charge in [0.25, 0.3) is 5.91 Å². The van der Waals surface area contributed by atoms with Crippen LogP contribution in [0.25, 0.3) is 0 Å². The average molecular weight is 263 g/mol. The van der Waals surface area contributed by atoms with Crippen LogP contribution < -0.4 is 4.90 Å². The highest BCUT2D eigenvalue weighted by atomic mass is 16.3. The number of pyridine rings is 1. The number of amides is 1. The third-order valence-electron chi connectivity index (χ3n) is 3.66. The Balaban J connectivity index is 2.07. The first-order valence-corrected chi connectivity index (χ1v) is 6.59. The molecule has 1 N–H and O–H groups in total. The Hall–Kier alpha value is -1.62. The predicted octanol–water partition coefficient (Wildman–Crippen LogP) is 0.990. The third-order valence-corrected chi connectivity index (χ3v) is 3.66. The fourth-order valence-corrected chi connectivity index (χ4v) is 2.19. The second-order valence-corrected chi connectivity index (χ2v) is 5.38. The van der Waals surface area contributed by atoms with E-state index in [-0.39, 0.29) is 11.8 Å². The largest absolute Gasteiger partial charge is 0.391 e. The lowest BCUT2D eigenvalue weighted by atomic mass is 9.95. The smallest absolute Gasteiger partial charge is 0.255 e. The Kier molecular flexibility index (Phi) is 4.04. The number of hydrogen-bond acceptors (Lipinski definition) is 4. The number of carbonyl (C=O) groups excluding carboxylic acids is 1. The molecular formula is C14H21N3O2. The first kappa shape index (κ1) is 13.8. The van der Waals surface area contributed by atoms with Crippen molar-refractivity contribution in [3.63, 3.8) is 0 Å². The van der Waals surface area contributed by atoms with Crippen LogP contribution in [0.5, 0.6) is 0 Å². The number of β-amino-alcohol motifs (C(OH)–C–C–N with tert-alkyl or cyclic N) is 1. The van der Waals surface area contributed by atoms with E-state index in [2.05, 4.69) is 4.98 Å². The van der Waals surface area contributed by atoms with Crippen LogP contribution in [0.4, 0.5) is 5.82 Å². The summed E-state index contributed by atoms with van der Waals surface area (Å²) in [6.07, 6.45) is 2.02. The summed E-state index contributed by atoms with van der Waals surface area (Å²) in [5.74, 6) is 1.03. The van der Waals surface area contributed by atoms with E-state index in [4.69, 9.17) is 0 Å². The third kappa shape index (κ3) is 3.04. The monoisotopic (exact) mass is 263 g/mol. The van der Waals surface area contributed by atoms with Gasteiger partial charge in [0.15, 0.2) is 0 Å². The molecule has 0 bridgehead atoms. The molecule has 0 radical (unpaired) electrons. The maximum atomic E-state index is 12.3. The van der Waals surface area contributed by atoms with Gasteiger partial charge < -0.3 is 14.9 Å². The van der Waals surface area contributed by atoms with Crippen LogP contribution in [0.2, 0.25) is 0 Å². The molecule has 1 saturated heterocycles. The summed E-state index contributed by atoms with van der Waals surface area (Å²) < 4.78 is 0. The summed E-state index contributed by atoms with van der Waals surface area (Å²) in [5.41, 5.74) is 0.576. The average Bonchev–Trinajstić information content (AvgIpc) is 2.41. The molecule has 1 aliphatic rings. The molecule has 0 aromatic carbocycles. The molecule has 1 fully saturated rings. The molecule has 0 aliphatic carbocycles. The van der Waals surface area contributed by atoms with Crippen molar-refractivity contribution in [3.05, 3.63) is 23.9 Å². The molecule has 19 heavy (non-hydrogen) atoms. The van der Waals surface area contributed by atoms with Crippen molar-refractivity contribution in [3.8, 4) is 0 Å². The van der Waals surface area contributed by atoms with Crippen molar-refractivity contribution in [2.45, 2.75) is 19.4 Å². The lowest BCUT2D eigenvalue weighted by molar-refractivity contribution is 0.0248. The van der Waals surface area contributed by atoms with E-state index < -0.39 is 6.10 Å². The van der Waals surface area contributed by atoms with Crippen molar-refractivity contribution in [2.24, 2.45) is 5.92 Å². The molecule has 104 valence electrons. The first-order chi connectivity index (χ1) is 8.99. The lowest BCUT2D eigenvalue weighted by Crippen LogP contribution is -2.45. The van der Waals surface area contributed by atoms with Crippen LogP contribution in [0.1, 0.15) is 23.7 Å². The molecule has 5 heteroatoms. The molecule has 2 atom stereocenters. The van der Waals surface area contributed by atoms with Gasteiger partial charge >= 0.3 is 0 Å². The maximum Gasteiger partial charge on any atom is 0.255 e. The highest BCUT2D eigenvalue weighted by molar-refractivity contribution is 5.94. The van der Waals surface area contributed by atoms with Crippen LogP contribution in [0.3, 0.4) is 0 Å². The number of aliphatic hydroxyl groups excluding tert-OH is 1. The number of likely N-dealkylation sites (tertiary alicyclic amines) is 1. The molecular weight excluding hydrogens is 242 g/mol. The minimum Gasteiger partial charge on any atom is -0.391 e. The summed E-state index contributed by atoms with van der Waals surface area (Å²) >= 11 is 0. The van der Waals surface area contributed by atoms with Crippen molar-refractivity contribution in [1.29, 1.82) is 0 Å². The van der Waals surface area contributed by atoms with E-state index >= 15 is 0 Å². The zero-order chi connectivity index (χ0) is 14.0. The second kappa shape index (κ2) is 5.57. The van der Waals surface area contributed by atoms with Gasteiger partial charge in [-0.05, 0) is 24.5 Å². The molecule has 0 saturated carbocycles. The Bertz CT molecular complexity index is 445. The van der Waals surface area contributed by atoms with Gasteiger partial charge in [0.05, 0.1) is 11.7 Å². The molecule has 1 aromatic heterocycles. The minimum atomic E-state index is -0.424. The summed E-state index contributed by atoms with van der Waals surface area (Å²) in [5, 5.41) is 9.84. The molecule has 2 heterocycles. The number of nitrogens with zero attached hydrogens (tertiary/aromatic N) is 3. The standard InChI is InChI=1S/C14H21N3O2/c1-10-6-7-17(9-12(10)18)14(19)11-4-5-13(15-8-11)16(2)3/h4-5,8,10,12,18H,6-7,9H2,1-3H3.